The third kappa shape index (κ3) is 2.84. The Hall–Kier alpha value is -1.68. The Kier molecular flexibility index (Phi) is 4.00. The zero-order valence-corrected chi connectivity index (χ0v) is 12.1. The van der Waals surface area contributed by atoms with Gasteiger partial charge < -0.3 is 10.3 Å². The maximum absolute atomic E-state index is 5.72. The highest BCUT2D eigenvalue weighted by Gasteiger charge is 2.14. The van der Waals surface area contributed by atoms with Crippen LogP contribution in [0.25, 0.3) is 0 Å². The minimum Gasteiger partial charge on any atom is -0.324 e. The van der Waals surface area contributed by atoms with Crippen molar-refractivity contribution in [3.05, 3.63) is 46.5 Å². The van der Waals surface area contributed by atoms with Crippen LogP contribution in [-0.4, -0.2) is 14.8 Å². The minimum atomic E-state index is 0.329. The van der Waals surface area contributed by atoms with E-state index < -0.39 is 0 Å². The minimum absolute atomic E-state index is 0.329. The maximum Gasteiger partial charge on any atom is 0.147 e. The van der Waals surface area contributed by atoms with Gasteiger partial charge in [0, 0.05) is 12.5 Å². The van der Waals surface area contributed by atoms with Crippen molar-refractivity contribution in [2.75, 3.05) is 0 Å². The molecule has 19 heavy (non-hydrogen) atoms. The molecule has 2 N–H and O–H groups in total. The highest BCUT2D eigenvalue weighted by atomic mass is 15.3. The molecule has 1 aromatic heterocycles. The molecule has 2 aromatic rings. The van der Waals surface area contributed by atoms with Gasteiger partial charge in [-0.1, -0.05) is 18.2 Å². The molecular weight excluding hydrogens is 236 g/mol. The van der Waals surface area contributed by atoms with Crippen LogP contribution < -0.4 is 5.73 Å². The van der Waals surface area contributed by atoms with Gasteiger partial charge >= 0.3 is 0 Å². The van der Waals surface area contributed by atoms with E-state index in [2.05, 4.69) is 60.7 Å². The average Bonchev–Trinajstić information content (AvgIpc) is 2.77. The topological polar surface area (TPSA) is 56.7 Å². The number of nitrogens with two attached hydrogens (primary N) is 1. The lowest BCUT2D eigenvalue weighted by Crippen LogP contribution is -2.13. The van der Waals surface area contributed by atoms with Crippen molar-refractivity contribution in [1.82, 2.24) is 14.8 Å². The predicted molar refractivity (Wildman–Crippen MR) is 77.0 cm³/mol. The van der Waals surface area contributed by atoms with Crippen LogP contribution in [0.1, 0.15) is 48.2 Å². The van der Waals surface area contributed by atoms with E-state index in [0.29, 0.717) is 12.6 Å². The molecule has 0 saturated heterocycles. The second kappa shape index (κ2) is 5.53. The fourth-order valence-corrected chi connectivity index (χ4v) is 2.31. The van der Waals surface area contributed by atoms with E-state index >= 15 is 0 Å². The summed E-state index contributed by atoms with van der Waals surface area (Å²) in [7, 11) is 0. The lowest BCUT2D eigenvalue weighted by molar-refractivity contribution is 0.548. The number of hydrogen-bond donors (Lipinski definition) is 1. The molecule has 0 aliphatic carbocycles. The molecule has 0 bridgehead atoms. The third-order valence-corrected chi connectivity index (χ3v) is 3.47. The van der Waals surface area contributed by atoms with Crippen molar-refractivity contribution in [1.29, 1.82) is 0 Å². The van der Waals surface area contributed by atoms with Crippen LogP contribution >= 0.6 is 0 Å². The molecule has 0 atom stereocenters. The van der Waals surface area contributed by atoms with Crippen molar-refractivity contribution in [3.63, 3.8) is 0 Å². The summed E-state index contributed by atoms with van der Waals surface area (Å²) in [5.41, 5.74) is 9.61. The normalized spacial score (nSPS) is 11.3. The number of benzene rings is 1. The molecule has 4 nitrogen and oxygen atoms in total. The summed E-state index contributed by atoms with van der Waals surface area (Å²) >= 11 is 0. The molecule has 0 fully saturated rings. The van der Waals surface area contributed by atoms with Gasteiger partial charge in [0.2, 0.25) is 0 Å². The molecule has 0 unspecified atom stereocenters. The summed E-state index contributed by atoms with van der Waals surface area (Å²) in [4.78, 5) is 0. The van der Waals surface area contributed by atoms with Crippen LogP contribution in [0.3, 0.4) is 0 Å². The van der Waals surface area contributed by atoms with Crippen LogP contribution in [0.15, 0.2) is 18.2 Å². The van der Waals surface area contributed by atoms with Crippen molar-refractivity contribution in [2.24, 2.45) is 5.73 Å². The molecule has 0 aliphatic heterocycles. The summed E-state index contributed by atoms with van der Waals surface area (Å²) < 4.78 is 2.13. The molecule has 4 heteroatoms. The first-order valence-electron chi connectivity index (χ1n) is 6.71. The van der Waals surface area contributed by atoms with Gasteiger partial charge in [0.15, 0.2) is 0 Å². The first-order chi connectivity index (χ1) is 9.02. The largest absolute Gasteiger partial charge is 0.324 e. The third-order valence-electron chi connectivity index (χ3n) is 3.47. The van der Waals surface area contributed by atoms with Gasteiger partial charge in [-0.05, 0) is 44.4 Å². The molecule has 102 valence electrons. The van der Waals surface area contributed by atoms with E-state index in [1.165, 1.54) is 16.7 Å². The summed E-state index contributed by atoms with van der Waals surface area (Å²) in [5.74, 6) is 1.84. The molecular formula is C15H22N4. The lowest BCUT2D eigenvalue weighted by atomic mass is 10.0. The van der Waals surface area contributed by atoms with Crippen LogP contribution in [0.4, 0.5) is 0 Å². The number of rotatable bonds is 4. The Morgan fingerprint density at radius 3 is 2.37 bits per heavy atom. The van der Waals surface area contributed by atoms with Crippen LogP contribution in [-0.2, 0) is 13.0 Å². The van der Waals surface area contributed by atoms with E-state index in [4.69, 9.17) is 5.73 Å². The summed E-state index contributed by atoms with van der Waals surface area (Å²) in [6.45, 7) is 8.95. The van der Waals surface area contributed by atoms with Crippen LogP contribution in [0, 0.1) is 13.8 Å². The van der Waals surface area contributed by atoms with E-state index in [-0.39, 0.29) is 0 Å². The van der Waals surface area contributed by atoms with Crippen LogP contribution in [0.5, 0.6) is 0 Å². The Balaban J connectivity index is 2.32. The van der Waals surface area contributed by atoms with E-state index in [0.717, 1.165) is 18.1 Å². The van der Waals surface area contributed by atoms with Gasteiger partial charge in [0.25, 0.3) is 0 Å². The Morgan fingerprint density at radius 2 is 1.79 bits per heavy atom. The Labute approximate surface area is 114 Å². The molecule has 0 radical (unpaired) electrons. The summed E-state index contributed by atoms with van der Waals surface area (Å²) in [6.07, 6.45) is 0.798. The van der Waals surface area contributed by atoms with Gasteiger partial charge in [0.1, 0.15) is 11.6 Å². The average molecular weight is 258 g/mol. The highest BCUT2D eigenvalue weighted by molar-refractivity contribution is 5.31. The zero-order chi connectivity index (χ0) is 14.0. The van der Waals surface area contributed by atoms with E-state index in [1.54, 1.807) is 0 Å². The van der Waals surface area contributed by atoms with Gasteiger partial charge in [-0.3, -0.25) is 0 Å². The highest BCUT2D eigenvalue weighted by Crippen LogP contribution is 2.17. The molecule has 0 spiro atoms. The van der Waals surface area contributed by atoms with Gasteiger partial charge in [-0.15, -0.1) is 10.2 Å². The van der Waals surface area contributed by atoms with E-state index in [9.17, 15) is 0 Å². The second-order valence-electron chi connectivity index (χ2n) is 5.30. The number of aromatic nitrogens is 3. The molecule has 0 aliphatic rings. The molecule has 0 amide bonds. The maximum atomic E-state index is 5.72. The van der Waals surface area contributed by atoms with Gasteiger partial charge in [0.05, 0.1) is 6.54 Å². The van der Waals surface area contributed by atoms with Gasteiger partial charge in [-0.2, -0.15) is 0 Å². The van der Waals surface area contributed by atoms with E-state index in [1.807, 2.05) is 0 Å². The predicted octanol–water partition coefficient (Wildman–Crippen LogP) is 2.53. The fourth-order valence-electron chi connectivity index (χ4n) is 2.31. The lowest BCUT2D eigenvalue weighted by Gasteiger charge is -2.13. The molecule has 1 heterocycles. The molecule has 1 aromatic carbocycles. The molecule has 0 saturated carbocycles. The fraction of sp³-hybridized carbons (Fsp3) is 0.467. The van der Waals surface area contributed by atoms with Crippen molar-refractivity contribution < 1.29 is 0 Å². The first kappa shape index (κ1) is 13.7. The smallest absolute Gasteiger partial charge is 0.147 e. The summed E-state index contributed by atoms with van der Waals surface area (Å²) in [5, 5.41) is 8.47. The van der Waals surface area contributed by atoms with Gasteiger partial charge in [-0.25, -0.2) is 0 Å². The number of hydrogen-bond acceptors (Lipinski definition) is 3. The molecule has 2 rings (SSSR count). The second-order valence-corrected chi connectivity index (χ2v) is 5.30. The first-order valence-corrected chi connectivity index (χ1v) is 6.71. The SMILES string of the molecule is Cc1ccc(Cc2nnc(CN)n2C(C)C)cc1C. The monoisotopic (exact) mass is 258 g/mol. The zero-order valence-electron chi connectivity index (χ0n) is 12.1. The van der Waals surface area contributed by atoms with Crippen molar-refractivity contribution in [2.45, 2.75) is 46.7 Å². The van der Waals surface area contributed by atoms with Crippen LogP contribution in [0.2, 0.25) is 0 Å². The standard InChI is InChI=1S/C15H22N4/c1-10(2)19-14(17-18-15(19)9-16)8-13-6-5-11(3)12(4)7-13/h5-7,10H,8-9,16H2,1-4H3. The Bertz CT molecular complexity index is 570. The van der Waals surface area contributed by atoms with Crippen molar-refractivity contribution >= 4 is 0 Å². The summed E-state index contributed by atoms with van der Waals surface area (Å²) in [6, 6.07) is 6.86. The quantitative estimate of drug-likeness (QED) is 0.916. The Morgan fingerprint density at radius 1 is 1.11 bits per heavy atom. The number of nitrogens with zero attached hydrogens (tertiary/aromatic N) is 3. The van der Waals surface area contributed by atoms with Crippen molar-refractivity contribution in [3.8, 4) is 0 Å². The number of aryl methyl sites for hydroxylation is 2.